The molecular weight excluding hydrogens is 212 g/mol. The fourth-order valence-electron chi connectivity index (χ4n) is 0.399. The number of rotatable bonds is 5. The number of hydrogen-bond donors (Lipinski definition) is 1. The van der Waals surface area contributed by atoms with Crippen molar-refractivity contribution >= 4 is 7.82 Å². The van der Waals surface area contributed by atoms with Gasteiger partial charge in [-0.05, 0) is 6.42 Å². The van der Waals surface area contributed by atoms with E-state index < -0.39 is 20.6 Å². The molecule has 0 fully saturated rings. The van der Waals surface area contributed by atoms with Gasteiger partial charge in [-0.2, -0.15) is 13.2 Å². The molecule has 13 heavy (non-hydrogen) atoms. The van der Waals surface area contributed by atoms with E-state index in [0.717, 1.165) is 0 Å². The lowest BCUT2D eigenvalue weighted by Crippen LogP contribution is -2.16. The standard InChI is InChI=1S/C5H10F3O4P/c1-2-3-11-13(9,10)12-4-5(6,7)8/h2-4H2,1H3,(H,9,10). The number of hydrogen-bond acceptors (Lipinski definition) is 3. The number of halogens is 3. The van der Waals surface area contributed by atoms with E-state index in [4.69, 9.17) is 4.89 Å². The predicted octanol–water partition coefficient (Wildman–Crippen LogP) is 2.09. The van der Waals surface area contributed by atoms with Crippen molar-refractivity contribution in [3.63, 3.8) is 0 Å². The number of alkyl halides is 3. The van der Waals surface area contributed by atoms with E-state index in [1.54, 1.807) is 6.92 Å². The molecule has 0 rings (SSSR count). The Balaban J connectivity index is 3.83. The molecule has 80 valence electrons. The second-order valence-corrected chi connectivity index (χ2v) is 3.64. The summed E-state index contributed by atoms with van der Waals surface area (Å²) in [5.74, 6) is 0. The lowest BCUT2D eigenvalue weighted by Gasteiger charge is -2.12. The Morgan fingerprint density at radius 3 is 2.31 bits per heavy atom. The van der Waals surface area contributed by atoms with Crippen molar-refractivity contribution in [2.24, 2.45) is 0 Å². The first kappa shape index (κ1) is 12.9. The molecule has 0 radical (unpaired) electrons. The van der Waals surface area contributed by atoms with Gasteiger partial charge in [0.15, 0.2) is 6.61 Å². The Kier molecular flexibility index (Phi) is 4.91. The van der Waals surface area contributed by atoms with Gasteiger partial charge in [0.25, 0.3) is 0 Å². The van der Waals surface area contributed by atoms with E-state index in [2.05, 4.69) is 9.05 Å². The van der Waals surface area contributed by atoms with Crippen molar-refractivity contribution in [2.45, 2.75) is 19.5 Å². The minimum atomic E-state index is -4.63. The van der Waals surface area contributed by atoms with Crippen LogP contribution in [0, 0.1) is 0 Å². The molecule has 1 atom stereocenters. The van der Waals surface area contributed by atoms with Crippen LogP contribution in [0.3, 0.4) is 0 Å². The maximum absolute atomic E-state index is 11.5. The van der Waals surface area contributed by atoms with Crippen molar-refractivity contribution in [1.29, 1.82) is 0 Å². The summed E-state index contributed by atoms with van der Waals surface area (Å²) in [5, 5.41) is 0. The van der Waals surface area contributed by atoms with Crippen molar-refractivity contribution in [3.05, 3.63) is 0 Å². The minimum absolute atomic E-state index is 0.119. The normalized spacial score (nSPS) is 17.0. The van der Waals surface area contributed by atoms with Crippen LogP contribution in [0.5, 0.6) is 0 Å². The average molecular weight is 222 g/mol. The Morgan fingerprint density at radius 1 is 1.38 bits per heavy atom. The lowest BCUT2D eigenvalue weighted by molar-refractivity contribution is -0.157. The highest BCUT2D eigenvalue weighted by Crippen LogP contribution is 2.44. The molecule has 0 aliphatic rings. The number of phosphoric acid groups is 1. The number of phosphoric ester groups is 1. The SMILES string of the molecule is CCCOP(=O)(O)OCC(F)(F)F. The molecule has 0 spiro atoms. The minimum Gasteiger partial charge on any atom is -0.302 e. The molecule has 0 aromatic heterocycles. The second-order valence-electron chi connectivity index (χ2n) is 2.19. The van der Waals surface area contributed by atoms with Crippen LogP contribution in [-0.4, -0.2) is 24.3 Å². The first-order valence-electron chi connectivity index (χ1n) is 3.45. The molecule has 1 N–H and O–H groups in total. The Bertz CT molecular complexity index is 193. The molecule has 0 aliphatic heterocycles. The summed E-state index contributed by atoms with van der Waals surface area (Å²) in [4.78, 5) is 8.62. The highest BCUT2D eigenvalue weighted by molar-refractivity contribution is 7.47. The van der Waals surface area contributed by atoms with Gasteiger partial charge in [0.05, 0.1) is 6.61 Å². The fraction of sp³-hybridized carbons (Fsp3) is 1.00. The van der Waals surface area contributed by atoms with Gasteiger partial charge in [0.2, 0.25) is 0 Å². The van der Waals surface area contributed by atoms with Gasteiger partial charge in [-0.3, -0.25) is 9.05 Å². The van der Waals surface area contributed by atoms with Gasteiger partial charge in [0.1, 0.15) is 0 Å². The second kappa shape index (κ2) is 4.95. The van der Waals surface area contributed by atoms with Crippen molar-refractivity contribution in [2.75, 3.05) is 13.2 Å². The molecule has 0 aliphatic carbocycles. The first-order valence-corrected chi connectivity index (χ1v) is 4.95. The highest BCUT2D eigenvalue weighted by Gasteiger charge is 2.33. The highest BCUT2D eigenvalue weighted by atomic mass is 31.2. The molecule has 1 unspecified atom stereocenters. The van der Waals surface area contributed by atoms with Crippen molar-refractivity contribution in [3.8, 4) is 0 Å². The van der Waals surface area contributed by atoms with E-state index in [1.807, 2.05) is 0 Å². The van der Waals surface area contributed by atoms with Crippen LogP contribution >= 0.6 is 7.82 Å². The fourth-order valence-corrected chi connectivity index (χ4v) is 1.20. The maximum Gasteiger partial charge on any atom is 0.472 e. The first-order chi connectivity index (χ1) is 5.77. The van der Waals surface area contributed by atoms with Crippen LogP contribution in [0.25, 0.3) is 0 Å². The van der Waals surface area contributed by atoms with Crippen LogP contribution in [0.15, 0.2) is 0 Å². The zero-order chi connectivity index (χ0) is 10.5. The maximum atomic E-state index is 11.5. The zero-order valence-electron chi connectivity index (χ0n) is 6.87. The predicted molar refractivity (Wildman–Crippen MR) is 38.1 cm³/mol. The molecule has 0 amide bonds. The summed E-state index contributed by atoms with van der Waals surface area (Å²) in [6, 6.07) is 0. The Morgan fingerprint density at radius 2 is 1.92 bits per heavy atom. The molecule has 0 aromatic carbocycles. The van der Waals surface area contributed by atoms with Gasteiger partial charge in [-0.25, -0.2) is 4.57 Å². The van der Waals surface area contributed by atoms with E-state index in [1.165, 1.54) is 0 Å². The van der Waals surface area contributed by atoms with Gasteiger partial charge in [-0.1, -0.05) is 6.92 Å². The van der Waals surface area contributed by atoms with Crippen LogP contribution in [-0.2, 0) is 13.6 Å². The van der Waals surface area contributed by atoms with Gasteiger partial charge in [-0.15, -0.1) is 0 Å². The molecule has 4 nitrogen and oxygen atoms in total. The summed E-state index contributed by atoms with van der Waals surface area (Å²) in [7, 11) is -4.53. The summed E-state index contributed by atoms with van der Waals surface area (Å²) in [6.07, 6.45) is -4.21. The van der Waals surface area contributed by atoms with Gasteiger partial charge >= 0.3 is 14.0 Å². The third kappa shape index (κ3) is 8.24. The summed E-state index contributed by atoms with van der Waals surface area (Å²) in [5.41, 5.74) is 0. The van der Waals surface area contributed by atoms with E-state index in [0.29, 0.717) is 6.42 Å². The van der Waals surface area contributed by atoms with E-state index >= 15 is 0 Å². The molecule has 0 aromatic rings. The average Bonchev–Trinajstić information content (AvgIpc) is 1.97. The molecule has 0 bridgehead atoms. The molecular formula is C5H10F3O4P. The third-order valence-electron chi connectivity index (χ3n) is 0.850. The largest absolute Gasteiger partial charge is 0.472 e. The summed E-state index contributed by atoms with van der Waals surface area (Å²) >= 11 is 0. The summed E-state index contributed by atoms with van der Waals surface area (Å²) < 4.78 is 52.9. The summed E-state index contributed by atoms with van der Waals surface area (Å²) in [6.45, 7) is -0.264. The molecule has 0 heterocycles. The zero-order valence-corrected chi connectivity index (χ0v) is 7.77. The molecule has 8 heteroatoms. The van der Waals surface area contributed by atoms with Gasteiger partial charge < -0.3 is 4.89 Å². The lowest BCUT2D eigenvalue weighted by atomic mass is 10.5. The van der Waals surface area contributed by atoms with Crippen molar-refractivity contribution in [1.82, 2.24) is 0 Å². The topological polar surface area (TPSA) is 55.8 Å². The van der Waals surface area contributed by atoms with Crippen LogP contribution < -0.4 is 0 Å². The smallest absolute Gasteiger partial charge is 0.302 e. The quantitative estimate of drug-likeness (QED) is 0.723. The molecule has 0 saturated carbocycles. The third-order valence-corrected chi connectivity index (χ3v) is 1.81. The Hall–Kier alpha value is -0.100. The van der Waals surface area contributed by atoms with Crippen LogP contribution in [0.1, 0.15) is 13.3 Å². The van der Waals surface area contributed by atoms with Crippen LogP contribution in [0.4, 0.5) is 13.2 Å². The van der Waals surface area contributed by atoms with E-state index in [9.17, 15) is 17.7 Å². The monoisotopic (exact) mass is 222 g/mol. The Labute approximate surface area is 73.3 Å². The van der Waals surface area contributed by atoms with Gasteiger partial charge in [0, 0.05) is 0 Å². The molecule has 0 saturated heterocycles. The van der Waals surface area contributed by atoms with Crippen molar-refractivity contribution < 1.29 is 31.7 Å². The van der Waals surface area contributed by atoms with E-state index in [-0.39, 0.29) is 6.61 Å². The van der Waals surface area contributed by atoms with Crippen LogP contribution in [0.2, 0.25) is 0 Å².